The topological polar surface area (TPSA) is 61.4 Å². The summed E-state index contributed by atoms with van der Waals surface area (Å²) in [6.45, 7) is 5.18. The fourth-order valence-electron chi connectivity index (χ4n) is 3.42. The molecule has 1 heterocycles. The highest BCUT2D eigenvalue weighted by Gasteiger charge is 2.43. The van der Waals surface area contributed by atoms with E-state index in [2.05, 4.69) is 17.6 Å². The first-order valence-corrected chi connectivity index (χ1v) is 7.26. The van der Waals surface area contributed by atoms with Crippen LogP contribution in [0.2, 0.25) is 0 Å². The number of carbonyl (C=O) groups is 1. The predicted molar refractivity (Wildman–Crippen MR) is 71.2 cm³/mol. The molecular formula is C14H26N2O2. The van der Waals surface area contributed by atoms with Gasteiger partial charge in [0, 0.05) is 12.1 Å². The fraction of sp³-hybridized carbons (Fsp3) is 0.929. The Hall–Kier alpha value is -0.610. The summed E-state index contributed by atoms with van der Waals surface area (Å²) in [5, 5.41) is 15.6. The molecule has 1 saturated heterocycles. The molecule has 0 radical (unpaired) electrons. The molecule has 4 unspecified atom stereocenters. The number of amides is 1. The number of carbonyl (C=O) groups excluding carboxylic acids is 1. The highest BCUT2D eigenvalue weighted by atomic mass is 16.3. The van der Waals surface area contributed by atoms with Crippen LogP contribution < -0.4 is 10.6 Å². The number of rotatable bonds is 5. The number of aliphatic hydroxyl groups is 1. The van der Waals surface area contributed by atoms with Gasteiger partial charge in [0.05, 0.1) is 6.04 Å². The van der Waals surface area contributed by atoms with Gasteiger partial charge in [-0.25, -0.2) is 0 Å². The lowest BCUT2D eigenvalue weighted by Gasteiger charge is -2.31. The van der Waals surface area contributed by atoms with E-state index in [1.54, 1.807) is 0 Å². The highest BCUT2D eigenvalue weighted by Crippen LogP contribution is 2.37. The third-order valence-corrected chi connectivity index (χ3v) is 4.90. The van der Waals surface area contributed by atoms with E-state index in [4.69, 9.17) is 5.11 Å². The van der Waals surface area contributed by atoms with Crippen LogP contribution in [0.4, 0.5) is 0 Å². The Kier molecular flexibility index (Phi) is 4.28. The van der Waals surface area contributed by atoms with Gasteiger partial charge in [-0.05, 0) is 51.0 Å². The van der Waals surface area contributed by atoms with Gasteiger partial charge in [-0.3, -0.25) is 4.79 Å². The third-order valence-electron chi connectivity index (χ3n) is 4.90. The number of fused-ring (bicyclic) bond motifs is 1. The molecule has 4 atom stereocenters. The van der Waals surface area contributed by atoms with E-state index < -0.39 is 0 Å². The minimum atomic E-state index is -0.274. The molecule has 4 nitrogen and oxygen atoms in total. The van der Waals surface area contributed by atoms with Crippen LogP contribution in [0.1, 0.15) is 46.0 Å². The number of hydrogen-bond acceptors (Lipinski definition) is 3. The third kappa shape index (κ3) is 2.69. The first-order chi connectivity index (χ1) is 8.59. The standard InChI is InChI=1S/C14H26N2O2/c1-3-14(2,7-8-17)16-13(18)12-11-6-4-5-10(11)9-15-12/h10-12,15,17H,3-9H2,1-2H3,(H,16,18). The molecule has 1 saturated carbocycles. The second-order valence-corrected chi connectivity index (χ2v) is 6.12. The largest absolute Gasteiger partial charge is 0.396 e. The molecule has 2 fully saturated rings. The van der Waals surface area contributed by atoms with Crippen molar-refractivity contribution >= 4 is 5.91 Å². The van der Waals surface area contributed by atoms with Gasteiger partial charge >= 0.3 is 0 Å². The zero-order valence-corrected chi connectivity index (χ0v) is 11.5. The number of hydrogen-bond donors (Lipinski definition) is 3. The van der Waals surface area contributed by atoms with Crippen LogP contribution in [0.25, 0.3) is 0 Å². The molecule has 18 heavy (non-hydrogen) atoms. The maximum atomic E-state index is 12.4. The monoisotopic (exact) mass is 254 g/mol. The van der Waals surface area contributed by atoms with Crippen molar-refractivity contribution in [3.05, 3.63) is 0 Å². The summed E-state index contributed by atoms with van der Waals surface area (Å²) >= 11 is 0. The van der Waals surface area contributed by atoms with Gasteiger partial charge in [0.25, 0.3) is 0 Å². The molecule has 0 aromatic heterocycles. The van der Waals surface area contributed by atoms with E-state index in [-0.39, 0.29) is 24.1 Å². The smallest absolute Gasteiger partial charge is 0.237 e. The van der Waals surface area contributed by atoms with Gasteiger partial charge < -0.3 is 15.7 Å². The van der Waals surface area contributed by atoms with Crippen LogP contribution in [0.3, 0.4) is 0 Å². The van der Waals surface area contributed by atoms with Crippen LogP contribution in [0.15, 0.2) is 0 Å². The Balaban J connectivity index is 1.95. The quantitative estimate of drug-likeness (QED) is 0.687. The van der Waals surface area contributed by atoms with E-state index in [0.29, 0.717) is 18.3 Å². The Morgan fingerprint density at radius 3 is 2.94 bits per heavy atom. The predicted octanol–water partition coefficient (Wildman–Crippen LogP) is 1.04. The van der Waals surface area contributed by atoms with E-state index in [0.717, 1.165) is 13.0 Å². The molecular weight excluding hydrogens is 228 g/mol. The van der Waals surface area contributed by atoms with Crippen molar-refractivity contribution in [2.24, 2.45) is 11.8 Å². The molecule has 104 valence electrons. The van der Waals surface area contributed by atoms with Crippen molar-refractivity contribution in [1.29, 1.82) is 0 Å². The molecule has 2 aliphatic rings. The van der Waals surface area contributed by atoms with Crippen molar-refractivity contribution < 1.29 is 9.90 Å². The molecule has 1 aliphatic carbocycles. The van der Waals surface area contributed by atoms with Crippen molar-refractivity contribution in [3.63, 3.8) is 0 Å². The van der Waals surface area contributed by atoms with Gasteiger partial charge in [-0.15, -0.1) is 0 Å². The Morgan fingerprint density at radius 1 is 1.50 bits per heavy atom. The van der Waals surface area contributed by atoms with Crippen LogP contribution in [0.5, 0.6) is 0 Å². The van der Waals surface area contributed by atoms with Crippen LogP contribution >= 0.6 is 0 Å². The van der Waals surface area contributed by atoms with Crippen LogP contribution in [0, 0.1) is 11.8 Å². The second-order valence-electron chi connectivity index (χ2n) is 6.12. The Labute approximate surface area is 110 Å². The lowest BCUT2D eigenvalue weighted by atomic mass is 9.91. The second kappa shape index (κ2) is 5.57. The van der Waals surface area contributed by atoms with E-state index in [1.165, 1.54) is 19.3 Å². The van der Waals surface area contributed by atoms with Crippen molar-refractivity contribution in [3.8, 4) is 0 Å². The molecule has 0 spiro atoms. The van der Waals surface area contributed by atoms with Crippen molar-refractivity contribution in [2.45, 2.75) is 57.5 Å². The van der Waals surface area contributed by atoms with Crippen LogP contribution in [-0.2, 0) is 4.79 Å². The molecule has 3 N–H and O–H groups in total. The molecule has 4 heteroatoms. The normalized spacial score (nSPS) is 34.1. The molecule has 2 rings (SSSR count). The Bertz CT molecular complexity index is 308. The summed E-state index contributed by atoms with van der Waals surface area (Å²) in [5.74, 6) is 1.36. The van der Waals surface area contributed by atoms with Gasteiger partial charge in [-0.2, -0.15) is 0 Å². The SMILES string of the molecule is CCC(C)(CCO)NC(=O)C1NCC2CCCC21. The molecule has 1 aliphatic heterocycles. The number of nitrogens with one attached hydrogen (secondary N) is 2. The molecule has 0 aromatic rings. The summed E-state index contributed by atoms with van der Waals surface area (Å²) in [4.78, 5) is 12.4. The maximum Gasteiger partial charge on any atom is 0.237 e. The number of aliphatic hydroxyl groups excluding tert-OH is 1. The lowest BCUT2D eigenvalue weighted by molar-refractivity contribution is -0.125. The average molecular weight is 254 g/mol. The summed E-state index contributed by atoms with van der Waals surface area (Å²) in [5.41, 5.74) is -0.274. The highest BCUT2D eigenvalue weighted by molar-refractivity contribution is 5.83. The van der Waals surface area contributed by atoms with Crippen molar-refractivity contribution in [1.82, 2.24) is 10.6 Å². The maximum absolute atomic E-state index is 12.4. The van der Waals surface area contributed by atoms with Gasteiger partial charge in [0.1, 0.15) is 0 Å². The minimum Gasteiger partial charge on any atom is -0.396 e. The first-order valence-electron chi connectivity index (χ1n) is 7.26. The van der Waals surface area contributed by atoms with E-state index in [9.17, 15) is 4.79 Å². The fourth-order valence-corrected chi connectivity index (χ4v) is 3.42. The van der Waals surface area contributed by atoms with E-state index in [1.807, 2.05) is 6.92 Å². The van der Waals surface area contributed by atoms with Crippen molar-refractivity contribution in [2.75, 3.05) is 13.2 Å². The Morgan fingerprint density at radius 2 is 2.28 bits per heavy atom. The summed E-state index contributed by atoms with van der Waals surface area (Å²) in [6.07, 6.45) is 5.18. The van der Waals surface area contributed by atoms with Gasteiger partial charge in [0.2, 0.25) is 5.91 Å². The first kappa shape index (κ1) is 13.8. The average Bonchev–Trinajstić information content (AvgIpc) is 2.90. The minimum absolute atomic E-state index is 0.0120. The lowest BCUT2D eigenvalue weighted by Crippen LogP contribution is -2.53. The summed E-state index contributed by atoms with van der Waals surface area (Å²) < 4.78 is 0. The van der Waals surface area contributed by atoms with E-state index >= 15 is 0 Å². The zero-order valence-electron chi connectivity index (χ0n) is 11.5. The molecule has 0 aromatic carbocycles. The molecule has 1 amide bonds. The van der Waals surface area contributed by atoms with Gasteiger partial charge in [0.15, 0.2) is 0 Å². The molecule has 0 bridgehead atoms. The summed E-state index contributed by atoms with van der Waals surface area (Å²) in [7, 11) is 0. The zero-order chi connectivity index (χ0) is 13.2. The van der Waals surface area contributed by atoms with Crippen LogP contribution in [-0.4, -0.2) is 35.7 Å². The summed E-state index contributed by atoms with van der Waals surface area (Å²) in [6, 6.07) is -0.0120. The van der Waals surface area contributed by atoms with Gasteiger partial charge in [-0.1, -0.05) is 13.3 Å².